The molecule has 20 heavy (non-hydrogen) atoms. The van der Waals surface area contributed by atoms with Crippen molar-refractivity contribution in [2.75, 3.05) is 26.2 Å². The maximum absolute atomic E-state index is 11.8. The molecule has 0 radical (unpaired) electrons. The topological polar surface area (TPSA) is 67.6 Å². The molecule has 1 amide bonds. The molecule has 0 aliphatic carbocycles. The van der Waals surface area contributed by atoms with Gasteiger partial charge in [0.2, 0.25) is 5.91 Å². The van der Waals surface area contributed by atoms with Crippen LogP contribution in [-0.4, -0.2) is 54.7 Å². The Hall–Kier alpha value is -0.650. The van der Waals surface area contributed by atoms with E-state index >= 15 is 0 Å². The van der Waals surface area contributed by atoms with Gasteiger partial charge in [-0.2, -0.15) is 0 Å². The van der Waals surface area contributed by atoms with Crippen LogP contribution in [0.1, 0.15) is 47.0 Å². The van der Waals surface area contributed by atoms with Crippen LogP contribution in [0.15, 0.2) is 0 Å². The number of amides is 1. The van der Waals surface area contributed by atoms with Crippen LogP contribution < -0.4 is 11.1 Å². The molecule has 2 atom stereocenters. The minimum absolute atomic E-state index is 0.226. The van der Waals surface area contributed by atoms with E-state index in [4.69, 9.17) is 10.5 Å². The predicted octanol–water partition coefficient (Wildman–Crippen LogP) is 1.12. The van der Waals surface area contributed by atoms with Crippen LogP contribution in [-0.2, 0) is 9.53 Å². The smallest absolute Gasteiger partial charge is 0.238 e. The van der Waals surface area contributed by atoms with E-state index in [9.17, 15) is 4.79 Å². The molecule has 0 spiro atoms. The van der Waals surface area contributed by atoms with Crippen LogP contribution in [0.25, 0.3) is 0 Å². The fraction of sp³-hybridized carbons (Fsp3) is 0.933. The van der Waals surface area contributed by atoms with Crippen LogP contribution in [0.5, 0.6) is 0 Å². The van der Waals surface area contributed by atoms with E-state index in [2.05, 4.69) is 17.1 Å². The van der Waals surface area contributed by atoms with Gasteiger partial charge in [-0.15, -0.1) is 0 Å². The molecular weight excluding hydrogens is 254 g/mol. The molecule has 3 N–H and O–H groups in total. The van der Waals surface area contributed by atoms with Crippen molar-refractivity contribution in [1.82, 2.24) is 10.2 Å². The maximum atomic E-state index is 11.8. The largest absolute Gasteiger partial charge is 0.377 e. The lowest BCUT2D eigenvalue weighted by molar-refractivity contribution is -0.125. The number of nitrogens with two attached hydrogens (primary N) is 1. The van der Waals surface area contributed by atoms with Gasteiger partial charge >= 0.3 is 0 Å². The first-order valence-corrected chi connectivity index (χ1v) is 7.79. The maximum Gasteiger partial charge on any atom is 0.238 e. The number of likely N-dealkylation sites (tertiary alicyclic amines) is 1. The molecule has 0 saturated carbocycles. The molecule has 1 rings (SSSR count). The van der Waals surface area contributed by atoms with Crippen LogP contribution in [0, 0.1) is 0 Å². The lowest BCUT2D eigenvalue weighted by Crippen LogP contribution is -2.62. The molecule has 1 saturated heterocycles. The van der Waals surface area contributed by atoms with Crippen LogP contribution in [0.2, 0.25) is 0 Å². The fourth-order valence-corrected chi connectivity index (χ4v) is 2.86. The quantitative estimate of drug-likeness (QED) is 0.701. The van der Waals surface area contributed by atoms with Crippen molar-refractivity contribution in [3.05, 3.63) is 0 Å². The lowest BCUT2D eigenvalue weighted by Gasteiger charge is -2.39. The number of carbonyl (C=O) groups is 1. The van der Waals surface area contributed by atoms with Crippen molar-refractivity contribution in [2.24, 2.45) is 5.73 Å². The van der Waals surface area contributed by atoms with Crippen molar-refractivity contribution in [3.63, 3.8) is 0 Å². The van der Waals surface area contributed by atoms with Crippen LogP contribution >= 0.6 is 0 Å². The second kappa shape index (κ2) is 7.96. The molecule has 5 nitrogen and oxygen atoms in total. The van der Waals surface area contributed by atoms with Crippen LogP contribution in [0.3, 0.4) is 0 Å². The monoisotopic (exact) mass is 285 g/mol. The summed E-state index contributed by atoms with van der Waals surface area (Å²) in [4.78, 5) is 14.1. The Bertz CT molecular complexity index is 309. The summed E-state index contributed by atoms with van der Waals surface area (Å²) >= 11 is 0. The fourth-order valence-electron chi connectivity index (χ4n) is 2.86. The number of nitrogens with zero attached hydrogens (tertiary/aromatic N) is 1. The van der Waals surface area contributed by atoms with Gasteiger partial charge in [0.05, 0.1) is 6.10 Å². The Morgan fingerprint density at radius 1 is 1.55 bits per heavy atom. The van der Waals surface area contributed by atoms with E-state index in [-0.39, 0.29) is 11.9 Å². The Morgan fingerprint density at radius 3 is 2.80 bits per heavy atom. The number of primary amides is 1. The van der Waals surface area contributed by atoms with Gasteiger partial charge in [-0.25, -0.2) is 0 Å². The standard InChI is InChI=1S/C15H31N3O2/c1-5-9-20-13-7-6-8-18(10-13)11-15(4,14(16)19)17-12(2)3/h12-13,17H,5-11H2,1-4H3,(H2,16,19). The van der Waals surface area contributed by atoms with Gasteiger partial charge in [0.1, 0.15) is 5.54 Å². The normalized spacial score (nSPS) is 23.8. The summed E-state index contributed by atoms with van der Waals surface area (Å²) in [7, 11) is 0. The molecule has 2 unspecified atom stereocenters. The molecule has 1 aliphatic rings. The lowest BCUT2D eigenvalue weighted by atomic mass is 9.97. The first kappa shape index (κ1) is 17.4. The summed E-state index contributed by atoms with van der Waals surface area (Å²) in [6, 6.07) is 0.226. The van der Waals surface area contributed by atoms with Gasteiger partial charge < -0.3 is 15.8 Å². The third kappa shape index (κ3) is 5.38. The minimum Gasteiger partial charge on any atom is -0.377 e. The highest BCUT2D eigenvalue weighted by atomic mass is 16.5. The number of hydrogen-bond donors (Lipinski definition) is 2. The zero-order valence-electron chi connectivity index (χ0n) is 13.4. The Balaban J connectivity index is 2.57. The Kier molecular flexibility index (Phi) is 6.92. The molecule has 1 heterocycles. The van der Waals surface area contributed by atoms with Gasteiger partial charge in [0.25, 0.3) is 0 Å². The molecule has 0 aromatic rings. The van der Waals surface area contributed by atoms with Gasteiger partial charge in [-0.3, -0.25) is 9.69 Å². The molecule has 0 bridgehead atoms. The summed E-state index contributed by atoms with van der Waals surface area (Å²) in [5.74, 6) is -0.289. The Labute approximate surface area is 123 Å². The molecule has 1 aliphatic heterocycles. The molecule has 5 heteroatoms. The van der Waals surface area contributed by atoms with Crippen molar-refractivity contribution in [1.29, 1.82) is 0 Å². The second-order valence-electron chi connectivity index (χ2n) is 6.37. The molecule has 0 aromatic heterocycles. The van der Waals surface area contributed by atoms with Gasteiger partial charge in [-0.05, 0) is 46.6 Å². The average molecular weight is 285 g/mol. The third-order valence-corrected chi connectivity index (χ3v) is 3.71. The first-order valence-electron chi connectivity index (χ1n) is 7.79. The summed E-state index contributed by atoms with van der Waals surface area (Å²) in [5, 5.41) is 3.30. The van der Waals surface area contributed by atoms with Crippen molar-refractivity contribution < 1.29 is 9.53 Å². The molecule has 0 aromatic carbocycles. The van der Waals surface area contributed by atoms with E-state index in [0.29, 0.717) is 12.6 Å². The summed E-state index contributed by atoms with van der Waals surface area (Å²) in [6.07, 6.45) is 3.57. The third-order valence-electron chi connectivity index (χ3n) is 3.71. The highest BCUT2D eigenvalue weighted by molar-refractivity contribution is 5.84. The SMILES string of the molecule is CCCOC1CCCN(CC(C)(NC(C)C)C(N)=O)C1. The number of nitrogens with one attached hydrogen (secondary N) is 1. The van der Waals surface area contributed by atoms with E-state index in [1.165, 1.54) is 0 Å². The van der Waals surface area contributed by atoms with E-state index in [0.717, 1.165) is 39.0 Å². The van der Waals surface area contributed by atoms with Crippen molar-refractivity contribution >= 4 is 5.91 Å². The van der Waals surface area contributed by atoms with E-state index < -0.39 is 5.54 Å². The predicted molar refractivity (Wildman–Crippen MR) is 81.6 cm³/mol. The highest BCUT2D eigenvalue weighted by Crippen LogP contribution is 2.17. The molecule has 118 valence electrons. The average Bonchev–Trinajstić information content (AvgIpc) is 2.35. The van der Waals surface area contributed by atoms with Crippen molar-refractivity contribution in [2.45, 2.75) is 64.6 Å². The number of ether oxygens (including phenoxy) is 1. The van der Waals surface area contributed by atoms with Gasteiger partial charge in [0, 0.05) is 25.7 Å². The summed E-state index contributed by atoms with van der Waals surface area (Å²) in [6.45, 7) is 11.4. The van der Waals surface area contributed by atoms with E-state index in [1.54, 1.807) is 0 Å². The summed E-state index contributed by atoms with van der Waals surface area (Å²) < 4.78 is 5.84. The zero-order chi connectivity index (χ0) is 15.2. The zero-order valence-corrected chi connectivity index (χ0v) is 13.4. The number of rotatable bonds is 8. The van der Waals surface area contributed by atoms with E-state index in [1.807, 2.05) is 20.8 Å². The van der Waals surface area contributed by atoms with Crippen LogP contribution in [0.4, 0.5) is 0 Å². The Morgan fingerprint density at radius 2 is 2.25 bits per heavy atom. The first-order chi connectivity index (χ1) is 9.37. The van der Waals surface area contributed by atoms with Gasteiger partial charge in [-0.1, -0.05) is 6.92 Å². The number of piperidine rings is 1. The van der Waals surface area contributed by atoms with Crippen molar-refractivity contribution in [3.8, 4) is 0 Å². The van der Waals surface area contributed by atoms with Gasteiger partial charge in [0.15, 0.2) is 0 Å². The summed E-state index contributed by atoms with van der Waals surface area (Å²) in [5.41, 5.74) is 4.91. The number of carbonyl (C=O) groups excluding carboxylic acids is 1. The molecular formula is C15H31N3O2. The second-order valence-corrected chi connectivity index (χ2v) is 6.37. The molecule has 1 fully saturated rings. The highest BCUT2D eigenvalue weighted by Gasteiger charge is 2.35. The minimum atomic E-state index is -0.680. The number of hydrogen-bond acceptors (Lipinski definition) is 4.